The number of aliphatic hydroxyl groups is 2. The van der Waals surface area contributed by atoms with Crippen molar-refractivity contribution in [3.63, 3.8) is 0 Å². The van der Waals surface area contributed by atoms with Gasteiger partial charge in [0.05, 0.1) is 24.2 Å². The molecule has 3 aromatic rings. The van der Waals surface area contributed by atoms with Gasteiger partial charge in [0, 0.05) is 29.2 Å². The zero-order valence-corrected chi connectivity index (χ0v) is 14.1. The number of nitrogens with one attached hydrogen (secondary N) is 1. The Morgan fingerprint density at radius 2 is 2.04 bits per heavy atom. The molecule has 0 spiro atoms. The maximum atomic E-state index is 13.4. The monoisotopic (exact) mass is 360 g/mol. The van der Waals surface area contributed by atoms with E-state index in [1.54, 1.807) is 16.4 Å². The lowest BCUT2D eigenvalue weighted by Gasteiger charge is -2.20. The standard InChI is InChI=1S/C18H17FN2O3S/c19-12-2-3-13-15(9-20-16(13)8-12)11-1-4-18-14(7-11)17(10-23)21(5-6-22)25(18)24/h1-4,7-9,17,20,22-23H,5-6,10H2. The van der Waals surface area contributed by atoms with Gasteiger partial charge < -0.3 is 15.2 Å². The molecule has 2 unspecified atom stereocenters. The predicted molar refractivity (Wildman–Crippen MR) is 93.7 cm³/mol. The van der Waals surface area contributed by atoms with E-state index in [2.05, 4.69) is 4.98 Å². The molecule has 0 bridgehead atoms. The molecule has 1 aliphatic heterocycles. The van der Waals surface area contributed by atoms with Gasteiger partial charge in [0.1, 0.15) is 16.8 Å². The molecule has 130 valence electrons. The number of aromatic amines is 1. The fraction of sp³-hybridized carbons (Fsp3) is 0.222. The average molecular weight is 360 g/mol. The summed E-state index contributed by atoms with van der Waals surface area (Å²) in [6.45, 7) is -0.0768. The number of halogens is 1. The molecular weight excluding hydrogens is 343 g/mol. The number of H-pyrrole nitrogens is 1. The van der Waals surface area contributed by atoms with E-state index in [4.69, 9.17) is 0 Å². The fourth-order valence-corrected chi connectivity index (χ4v) is 4.89. The summed E-state index contributed by atoms with van der Waals surface area (Å²) in [4.78, 5) is 3.72. The van der Waals surface area contributed by atoms with Crippen molar-refractivity contribution < 1.29 is 18.8 Å². The predicted octanol–water partition coefficient (Wildman–Crippen LogP) is 2.34. The first-order valence-corrected chi connectivity index (χ1v) is 9.06. The van der Waals surface area contributed by atoms with E-state index in [0.717, 1.165) is 22.1 Å². The van der Waals surface area contributed by atoms with Crippen molar-refractivity contribution in [3.05, 3.63) is 54.0 Å². The highest BCUT2D eigenvalue weighted by atomic mass is 32.2. The molecule has 3 N–H and O–H groups in total. The Hall–Kier alpha value is -2.06. The van der Waals surface area contributed by atoms with E-state index in [9.17, 15) is 18.8 Å². The number of nitrogens with zero attached hydrogens (tertiary/aromatic N) is 1. The lowest BCUT2D eigenvalue weighted by molar-refractivity contribution is 0.174. The number of β-amino-alcohol motifs (C(OH)–C–C–N with tert-alkyl or cyclic N) is 1. The van der Waals surface area contributed by atoms with Gasteiger partial charge in [0.25, 0.3) is 0 Å². The van der Waals surface area contributed by atoms with Gasteiger partial charge in [0.2, 0.25) is 0 Å². The molecule has 0 aliphatic carbocycles. The molecule has 2 heterocycles. The molecule has 0 fully saturated rings. The summed E-state index contributed by atoms with van der Waals surface area (Å²) in [6.07, 6.45) is 1.82. The van der Waals surface area contributed by atoms with Crippen LogP contribution in [0.5, 0.6) is 0 Å². The van der Waals surface area contributed by atoms with Crippen molar-refractivity contribution >= 4 is 21.9 Å². The van der Waals surface area contributed by atoms with Crippen molar-refractivity contribution in [2.45, 2.75) is 10.9 Å². The van der Waals surface area contributed by atoms with E-state index < -0.39 is 17.0 Å². The summed E-state index contributed by atoms with van der Waals surface area (Å²) < 4.78 is 27.5. The van der Waals surface area contributed by atoms with Crippen LogP contribution in [0.25, 0.3) is 22.0 Å². The molecule has 0 radical (unpaired) electrons. The third kappa shape index (κ3) is 2.60. The molecule has 0 saturated carbocycles. The van der Waals surface area contributed by atoms with E-state index in [1.807, 2.05) is 18.3 Å². The van der Waals surface area contributed by atoms with E-state index >= 15 is 0 Å². The number of hydrogen-bond donors (Lipinski definition) is 3. The Morgan fingerprint density at radius 3 is 2.80 bits per heavy atom. The first-order chi connectivity index (χ1) is 12.1. The van der Waals surface area contributed by atoms with Gasteiger partial charge in [-0.3, -0.25) is 0 Å². The number of rotatable bonds is 4. The maximum Gasteiger partial charge on any atom is 0.128 e. The van der Waals surface area contributed by atoms with Crippen molar-refractivity contribution in [1.29, 1.82) is 0 Å². The number of hydrogen-bond acceptors (Lipinski definition) is 3. The van der Waals surface area contributed by atoms with Crippen LogP contribution in [0.1, 0.15) is 11.6 Å². The van der Waals surface area contributed by atoms with Crippen LogP contribution in [0, 0.1) is 5.82 Å². The zero-order valence-electron chi connectivity index (χ0n) is 13.3. The Kier molecular flexibility index (Phi) is 4.16. The van der Waals surface area contributed by atoms with Crippen LogP contribution < -0.4 is 0 Å². The van der Waals surface area contributed by atoms with Gasteiger partial charge in [-0.1, -0.05) is 6.07 Å². The van der Waals surface area contributed by atoms with Crippen LogP contribution in [0.3, 0.4) is 0 Å². The van der Waals surface area contributed by atoms with Gasteiger partial charge in [0.15, 0.2) is 0 Å². The van der Waals surface area contributed by atoms with Crippen molar-refractivity contribution in [1.82, 2.24) is 9.29 Å². The molecule has 5 nitrogen and oxygen atoms in total. The SMILES string of the molecule is O=S1c2ccc(-c3c[nH]c4cc(F)ccc34)cc2C(CO)N1CCO. The molecule has 7 heteroatoms. The lowest BCUT2D eigenvalue weighted by atomic mass is 9.99. The summed E-state index contributed by atoms with van der Waals surface area (Å²) in [5.74, 6) is -0.301. The first kappa shape index (κ1) is 16.4. The van der Waals surface area contributed by atoms with Crippen LogP contribution in [-0.2, 0) is 11.0 Å². The van der Waals surface area contributed by atoms with Crippen LogP contribution in [0.2, 0.25) is 0 Å². The smallest absolute Gasteiger partial charge is 0.128 e. The molecule has 2 aromatic carbocycles. The molecule has 1 aromatic heterocycles. The topological polar surface area (TPSA) is 76.6 Å². The molecule has 0 saturated heterocycles. The second kappa shape index (κ2) is 6.34. The molecular formula is C18H17FN2O3S. The molecule has 2 atom stereocenters. The Bertz CT molecular complexity index is 972. The number of aliphatic hydroxyl groups excluding tert-OH is 2. The maximum absolute atomic E-state index is 13.4. The van der Waals surface area contributed by atoms with Gasteiger partial charge in [-0.25, -0.2) is 12.9 Å². The summed E-state index contributed by atoms with van der Waals surface area (Å²) >= 11 is 0. The molecule has 0 amide bonds. The van der Waals surface area contributed by atoms with Crippen LogP contribution in [0.4, 0.5) is 4.39 Å². The molecule has 4 rings (SSSR count). The van der Waals surface area contributed by atoms with Crippen molar-refractivity contribution in [3.8, 4) is 11.1 Å². The summed E-state index contributed by atoms with van der Waals surface area (Å²) in [5.41, 5.74) is 3.32. The van der Waals surface area contributed by atoms with Crippen molar-refractivity contribution in [2.24, 2.45) is 0 Å². The van der Waals surface area contributed by atoms with Gasteiger partial charge in [-0.15, -0.1) is 0 Å². The second-order valence-electron chi connectivity index (χ2n) is 5.96. The van der Waals surface area contributed by atoms with Gasteiger partial charge >= 0.3 is 0 Å². The third-order valence-corrected chi connectivity index (χ3v) is 6.18. The summed E-state index contributed by atoms with van der Waals surface area (Å²) in [7, 11) is -1.39. The Morgan fingerprint density at radius 1 is 1.20 bits per heavy atom. The quantitative estimate of drug-likeness (QED) is 0.668. The van der Waals surface area contributed by atoms with Gasteiger partial charge in [-0.05, 0) is 41.5 Å². The van der Waals surface area contributed by atoms with Gasteiger partial charge in [-0.2, -0.15) is 0 Å². The number of benzene rings is 2. The zero-order chi connectivity index (χ0) is 17.6. The first-order valence-electron chi connectivity index (χ1n) is 7.95. The van der Waals surface area contributed by atoms with Crippen LogP contribution >= 0.6 is 0 Å². The molecule has 1 aliphatic rings. The summed E-state index contributed by atoms with van der Waals surface area (Å²) in [6, 6.07) is 9.76. The fourth-order valence-electron chi connectivity index (χ4n) is 3.40. The average Bonchev–Trinajstić information content (AvgIpc) is 3.14. The second-order valence-corrected chi connectivity index (χ2v) is 7.36. The minimum atomic E-state index is -1.39. The highest BCUT2D eigenvalue weighted by Gasteiger charge is 2.36. The Balaban J connectivity index is 1.82. The molecule has 25 heavy (non-hydrogen) atoms. The lowest BCUT2D eigenvalue weighted by Crippen LogP contribution is -2.29. The largest absolute Gasteiger partial charge is 0.395 e. The number of aromatic nitrogens is 1. The highest BCUT2D eigenvalue weighted by Crippen LogP contribution is 2.40. The minimum Gasteiger partial charge on any atom is -0.395 e. The van der Waals surface area contributed by atoms with Crippen molar-refractivity contribution in [2.75, 3.05) is 19.8 Å². The van der Waals surface area contributed by atoms with E-state index in [-0.39, 0.29) is 25.6 Å². The number of fused-ring (bicyclic) bond motifs is 2. The van der Waals surface area contributed by atoms with E-state index in [1.165, 1.54) is 12.1 Å². The summed E-state index contributed by atoms with van der Waals surface area (Å²) in [5, 5.41) is 19.8. The third-order valence-electron chi connectivity index (χ3n) is 4.57. The van der Waals surface area contributed by atoms with E-state index in [0.29, 0.717) is 10.4 Å². The highest BCUT2D eigenvalue weighted by molar-refractivity contribution is 7.83. The van der Waals surface area contributed by atoms with Crippen LogP contribution in [-0.4, -0.2) is 43.5 Å². The minimum absolute atomic E-state index is 0.128. The normalized spacial score (nSPS) is 20.3. The van der Waals surface area contributed by atoms with Crippen LogP contribution in [0.15, 0.2) is 47.5 Å². The Labute approximate surface area is 146 Å².